The molecule has 0 spiro atoms. The number of rotatable bonds is 0. The molecule has 0 saturated heterocycles. The highest BCUT2D eigenvalue weighted by Crippen LogP contribution is 2.15. The molecule has 122 valence electrons. The average molecular weight is 286 g/mol. The van der Waals surface area contributed by atoms with Crippen LogP contribution in [0.4, 0.5) is 0 Å². The molecule has 1 aliphatic carbocycles. The standard InChI is InChI=1S/C9H15N3.4C2H6/c1-2-4-6-8-9(7-5-3-1)11-12-10-8;4*1-2/h1-7H2,(H,10,11,12);4*1-2H3. The number of aromatic amines is 1. The van der Waals surface area contributed by atoms with E-state index < -0.39 is 0 Å². The number of nitrogens with one attached hydrogen (secondary N) is 1. The molecule has 0 saturated carbocycles. The van der Waals surface area contributed by atoms with Crippen LogP contribution in [-0.2, 0) is 12.8 Å². The van der Waals surface area contributed by atoms with Crippen molar-refractivity contribution in [1.82, 2.24) is 15.4 Å². The Morgan fingerprint density at radius 2 is 0.850 bits per heavy atom. The Hall–Kier alpha value is -0.860. The maximum absolute atomic E-state index is 4.16. The van der Waals surface area contributed by atoms with Crippen LogP contribution < -0.4 is 0 Å². The summed E-state index contributed by atoms with van der Waals surface area (Å²) in [5.74, 6) is 0. The minimum atomic E-state index is 1.12. The van der Waals surface area contributed by atoms with Crippen LogP contribution in [0.25, 0.3) is 0 Å². The van der Waals surface area contributed by atoms with Crippen molar-refractivity contribution < 1.29 is 0 Å². The highest BCUT2D eigenvalue weighted by atomic mass is 15.3. The minimum absolute atomic E-state index is 1.12. The van der Waals surface area contributed by atoms with Gasteiger partial charge in [-0.3, -0.25) is 0 Å². The van der Waals surface area contributed by atoms with E-state index in [2.05, 4.69) is 15.4 Å². The molecular weight excluding hydrogens is 246 g/mol. The fourth-order valence-corrected chi connectivity index (χ4v) is 1.79. The molecule has 3 nitrogen and oxygen atoms in total. The maximum atomic E-state index is 4.16. The summed E-state index contributed by atoms with van der Waals surface area (Å²) in [6.07, 6.45) is 8.88. The molecule has 1 aromatic rings. The smallest absolute Gasteiger partial charge is 0.0856 e. The van der Waals surface area contributed by atoms with Crippen molar-refractivity contribution in [2.45, 2.75) is 100 Å². The van der Waals surface area contributed by atoms with Crippen LogP contribution in [0, 0.1) is 0 Å². The quantitative estimate of drug-likeness (QED) is 0.639. The van der Waals surface area contributed by atoms with Gasteiger partial charge >= 0.3 is 0 Å². The second-order valence-electron chi connectivity index (χ2n) is 3.48. The average Bonchev–Trinajstić information content (AvgIpc) is 3.04. The van der Waals surface area contributed by atoms with Crippen molar-refractivity contribution in [2.24, 2.45) is 0 Å². The number of aromatic nitrogens is 3. The molecule has 2 rings (SSSR count). The van der Waals surface area contributed by atoms with E-state index in [1.807, 2.05) is 55.4 Å². The third kappa shape index (κ3) is 12.2. The van der Waals surface area contributed by atoms with E-state index in [1.54, 1.807) is 0 Å². The van der Waals surface area contributed by atoms with Crippen molar-refractivity contribution in [3.8, 4) is 0 Å². The van der Waals surface area contributed by atoms with Gasteiger partial charge in [0.1, 0.15) is 0 Å². The van der Waals surface area contributed by atoms with Crippen molar-refractivity contribution in [1.29, 1.82) is 0 Å². The van der Waals surface area contributed by atoms with E-state index in [-0.39, 0.29) is 0 Å². The van der Waals surface area contributed by atoms with Crippen molar-refractivity contribution >= 4 is 0 Å². The fourth-order valence-electron chi connectivity index (χ4n) is 1.79. The van der Waals surface area contributed by atoms with Crippen LogP contribution in [0.1, 0.15) is 98.9 Å². The van der Waals surface area contributed by atoms with Crippen LogP contribution in [0.3, 0.4) is 0 Å². The summed E-state index contributed by atoms with van der Waals surface area (Å²) in [4.78, 5) is 0. The molecule has 0 bridgehead atoms. The van der Waals surface area contributed by atoms with E-state index in [1.165, 1.54) is 43.5 Å². The number of fused-ring (bicyclic) bond motifs is 1. The van der Waals surface area contributed by atoms with Gasteiger partial charge in [-0.05, 0) is 25.7 Å². The zero-order chi connectivity index (χ0) is 16.2. The Morgan fingerprint density at radius 3 is 1.20 bits per heavy atom. The molecule has 1 aromatic heterocycles. The summed E-state index contributed by atoms with van der Waals surface area (Å²) in [6.45, 7) is 16.0. The first-order valence-electron chi connectivity index (χ1n) is 8.85. The van der Waals surface area contributed by atoms with Crippen LogP contribution >= 0.6 is 0 Å². The number of H-pyrrole nitrogens is 1. The van der Waals surface area contributed by atoms with E-state index >= 15 is 0 Å². The maximum Gasteiger partial charge on any atom is 0.0856 e. The summed E-state index contributed by atoms with van der Waals surface area (Å²) in [7, 11) is 0. The van der Waals surface area contributed by atoms with Crippen LogP contribution in [-0.4, -0.2) is 15.4 Å². The van der Waals surface area contributed by atoms with Gasteiger partial charge in [0.2, 0.25) is 0 Å². The summed E-state index contributed by atoms with van der Waals surface area (Å²) in [5.41, 5.74) is 2.41. The summed E-state index contributed by atoms with van der Waals surface area (Å²) < 4.78 is 0. The molecule has 0 radical (unpaired) electrons. The van der Waals surface area contributed by atoms with Gasteiger partial charge in [-0.25, -0.2) is 0 Å². The zero-order valence-electron chi connectivity index (χ0n) is 15.3. The highest BCUT2D eigenvalue weighted by Gasteiger charge is 2.08. The van der Waals surface area contributed by atoms with E-state index in [0.29, 0.717) is 0 Å². The first-order valence-corrected chi connectivity index (χ1v) is 8.85. The molecule has 0 amide bonds. The molecule has 1 aliphatic rings. The van der Waals surface area contributed by atoms with Gasteiger partial charge in [-0.15, -0.1) is 0 Å². The number of aryl methyl sites for hydroxylation is 2. The Bertz CT molecular complexity index is 222. The van der Waals surface area contributed by atoms with Crippen LogP contribution in [0.15, 0.2) is 0 Å². The molecule has 0 fully saturated rings. The predicted molar refractivity (Wildman–Crippen MR) is 92.3 cm³/mol. The van der Waals surface area contributed by atoms with Gasteiger partial charge < -0.3 is 0 Å². The normalized spacial score (nSPS) is 12.6. The summed E-state index contributed by atoms with van der Waals surface area (Å²) in [5, 5.41) is 11.0. The number of hydrogen-bond donors (Lipinski definition) is 1. The Kier molecular flexibility index (Phi) is 28.1. The third-order valence-corrected chi connectivity index (χ3v) is 2.53. The molecule has 0 aromatic carbocycles. The second-order valence-corrected chi connectivity index (χ2v) is 3.48. The fraction of sp³-hybridized carbons (Fsp3) is 0.882. The molecule has 0 atom stereocenters. The molecule has 20 heavy (non-hydrogen) atoms. The molecule has 1 heterocycles. The lowest BCUT2D eigenvalue weighted by atomic mass is 10.1. The van der Waals surface area contributed by atoms with Gasteiger partial charge in [-0.2, -0.15) is 15.4 Å². The van der Waals surface area contributed by atoms with Gasteiger partial charge in [0.25, 0.3) is 0 Å². The van der Waals surface area contributed by atoms with E-state index in [9.17, 15) is 0 Å². The molecule has 0 aliphatic heterocycles. The summed E-state index contributed by atoms with van der Waals surface area (Å²) >= 11 is 0. The van der Waals surface area contributed by atoms with Crippen molar-refractivity contribution in [3.63, 3.8) is 0 Å². The van der Waals surface area contributed by atoms with Crippen molar-refractivity contribution in [3.05, 3.63) is 11.4 Å². The third-order valence-electron chi connectivity index (χ3n) is 2.53. The molecule has 0 unspecified atom stereocenters. The topological polar surface area (TPSA) is 41.6 Å². The zero-order valence-corrected chi connectivity index (χ0v) is 15.3. The lowest BCUT2D eigenvalue weighted by molar-refractivity contribution is 0.622. The lowest BCUT2D eigenvalue weighted by Gasteiger charge is -1.94. The Labute approximate surface area is 128 Å². The monoisotopic (exact) mass is 285 g/mol. The predicted octanol–water partition coefficient (Wildman–Crippen LogP) is 5.96. The first-order chi connectivity index (χ1) is 9.97. The SMILES string of the molecule is C1CCCc2n[nH]nc2CCC1.CC.CC.CC.CC. The second kappa shape index (κ2) is 23.2. The highest BCUT2D eigenvalue weighted by molar-refractivity contribution is 5.08. The van der Waals surface area contributed by atoms with Gasteiger partial charge in [0, 0.05) is 0 Å². The largest absolute Gasteiger partial charge is 0.197 e. The molecule has 1 N–H and O–H groups in total. The van der Waals surface area contributed by atoms with Crippen LogP contribution in [0.5, 0.6) is 0 Å². The van der Waals surface area contributed by atoms with Crippen LogP contribution in [0.2, 0.25) is 0 Å². The first kappa shape index (κ1) is 24.2. The van der Waals surface area contributed by atoms with Gasteiger partial charge in [0.05, 0.1) is 11.4 Å². The van der Waals surface area contributed by atoms with E-state index in [4.69, 9.17) is 0 Å². The van der Waals surface area contributed by atoms with Crippen molar-refractivity contribution in [2.75, 3.05) is 0 Å². The van der Waals surface area contributed by atoms with E-state index in [0.717, 1.165) is 12.8 Å². The van der Waals surface area contributed by atoms with Gasteiger partial charge in [0.15, 0.2) is 0 Å². The lowest BCUT2D eigenvalue weighted by Crippen LogP contribution is -1.91. The molecular formula is C17H39N3. The number of nitrogens with zero attached hydrogens (tertiary/aromatic N) is 2. The summed E-state index contributed by atoms with van der Waals surface area (Å²) in [6, 6.07) is 0. The number of hydrogen-bond acceptors (Lipinski definition) is 2. The molecule has 3 heteroatoms. The Morgan fingerprint density at radius 1 is 0.550 bits per heavy atom. The minimum Gasteiger partial charge on any atom is -0.197 e. The van der Waals surface area contributed by atoms with Gasteiger partial charge in [-0.1, -0.05) is 74.7 Å². The Balaban J connectivity index is -0.000000314.